The molecule has 6 nitrogen and oxygen atoms in total. The molecule has 8 heteroatoms. The monoisotopic (exact) mass is 369 g/mol. The van der Waals surface area contributed by atoms with Crippen molar-refractivity contribution in [2.45, 2.75) is 0 Å². The second-order valence-electron chi connectivity index (χ2n) is 4.41. The molecule has 0 bridgehead atoms. The summed E-state index contributed by atoms with van der Waals surface area (Å²) in [6.45, 7) is 0. The van der Waals surface area contributed by atoms with Crippen LogP contribution in [0.1, 0.15) is 20.8 Å². The van der Waals surface area contributed by atoms with Gasteiger partial charge in [0.05, 0.1) is 7.11 Å². The Morgan fingerprint density at radius 3 is 2.45 bits per heavy atom. The lowest BCUT2D eigenvalue weighted by Gasteiger charge is -2.09. The fraction of sp³-hybridized carbons (Fsp3) is 0.143. The first kappa shape index (κ1) is 16.0. The molecule has 2 rings (SSSR count). The third-order valence-electron chi connectivity index (χ3n) is 2.91. The van der Waals surface area contributed by atoms with Crippen LogP contribution in [0.5, 0.6) is 5.75 Å². The van der Waals surface area contributed by atoms with Crippen LogP contribution in [0.15, 0.2) is 34.9 Å². The topological polar surface area (TPSA) is 72.4 Å². The number of hydrogen-bond donors (Lipinski definition) is 2. The number of nitrogens with one attached hydrogen (secondary N) is 2. The molecular weight excluding hydrogens is 357 g/mol. The van der Waals surface area contributed by atoms with Crippen molar-refractivity contribution >= 4 is 27.7 Å². The fourth-order valence-electron chi connectivity index (χ4n) is 1.81. The van der Waals surface area contributed by atoms with Crippen LogP contribution < -0.4 is 15.6 Å². The SMILES string of the molecule is COc1ccc(C(=O)NNC(=O)c2cc(Br)cn2C)cc1F. The third kappa shape index (κ3) is 3.45. The zero-order valence-electron chi connectivity index (χ0n) is 11.8. The molecule has 1 aromatic carbocycles. The van der Waals surface area contributed by atoms with E-state index < -0.39 is 17.6 Å². The number of hydrazine groups is 1. The number of rotatable bonds is 3. The van der Waals surface area contributed by atoms with Gasteiger partial charge in [-0.3, -0.25) is 20.4 Å². The maximum absolute atomic E-state index is 13.5. The summed E-state index contributed by atoms with van der Waals surface area (Å²) < 4.78 is 20.6. The second-order valence-corrected chi connectivity index (χ2v) is 5.33. The van der Waals surface area contributed by atoms with E-state index >= 15 is 0 Å². The number of benzene rings is 1. The van der Waals surface area contributed by atoms with Crippen molar-refractivity contribution in [3.8, 4) is 5.75 Å². The van der Waals surface area contributed by atoms with Gasteiger partial charge in [0.15, 0.2) is 11.6 Å². The minimum Gasteiger partial charge on any atom is -0.494 e. The lowest BCUT2D eigenvalue weighted by Crippen LogP contribution is -2.42. The number of carbonyl (C=O) groups excluding carboxylic acids is 2. The summed E-state index contributed by atoms with van der Waals surface area (Å²) in [5, 5.41) is 0. The van der Waals surface area contributed by atoms with Gasteiger partial charge in [0.1, 0.15) is 5.69 Å². The summed E-state index contributed by atoms with van der Waals surface area (Å²) >= 11 is 3.25. The van der Waals surface area contributed by atoms with E-state index in [0.29, 0.717) is 5.69 Å². The van der Waals surface area contributed by atoms with Crippen LogP contribution in [0.4, 0.5) is 4.39 Å². The van der Waals surface area contributed by atoms with Crippen LogP contribution in [-0.2, 0) is 7.05 Å². The van der Waals surface area contributed by atoms with Crippen LogP contribution in [0, 0.1) is 5.82 Å². The standard InChI is InChI=1S/C14H13BrFN3O3/c1-19-7-9(15)6-11(19)14(21)18-17-13(20)8-3-4-12(22-2)10(16)5-8/h3-7H,1-2H3,(H,17,20)(H,18,21). The molecule has 1 aromatic heterocycles. The van der Waals surface area contributed by atoms with Gasteiger partial charge in [0.25, 0.3) is 11.8 Å². The van der Waals surface area contributed by atoms with E-state index in [9.17, 15) is 14.0 Å². The smallest absolute Gasteiger partial charge is 0.286 e. The Morgan fingerprint density at radius 2 is 1.91 bits per heavy atom. The largest absolute Gasteiger partial charge is 0.494 e. The summed E-state index contributed by atoms with van der Waals surface area (Å²) in [5.41, 5.74) is 4.91. The first-order valence-electron chi connectivity index (χ1n) is 6.18. The van der Waals surface area contributed by atoms with E-state index in [1.165, 1.54) is 19.2 Å². The summed E-state index contributed by atoms with van der Waals surface area (Å²) in [6, 6.07) is 5.36. The number of nitrogens with zero attached hydrogens (tertiary/aromatic N) is 1. The molecule has 0 saturated carbocycles. The van der Waals surface area contributed by atoms with E-state index in [1.54, 1.807) is 23.9 Å². The maximum Gasteiger partial charge on any atom is 0.286 e. The van der Waals surface area contributed by atoms with Gasteiger partial charge >= 0.3 is 0 Å². The summed E-state index contributed by atoms with van der Waals surface area (Å²) in [6.07, 6.45) is 1.70. The van der Waals surface area contributed by atoms with Crippen LogP contribution in [0.2, 0.25) is 0 Å². The van der Waals surface area contributed by atoms with Crippen molar-refractivity contribution in [1.82, 2.24) is 15.4 Å². The zero-order valence-corrected chi connectivity index (χ0v) is 13.4. The molecule has 0 atom stereocenters. The minimum absolute atomic E-state index is 0.0363. The molecule has 2 N–H and O–H groups in total. The molecule has 1 heterocycles. The Labute approximate surface area is 134 Å². The zero-order chi connectivity index (χ0) is 16.3. The van der Waals surface area contributed by atoms with Gasteiger partial charge in [-0.25, -0.2) is 4.39 Å². The van der Waals surface area contributed by atoms with E-state index in [-0.39, 0.29) is 11.3 Å². The molecule has 22 heavy (non-hydrogen) atoms. The molecule has 0 aliphatic rings. The van der Waals surface area contributed by atoms with Gasteiger partial charge in [0, 0.05) is 23.3 Å². The van der Waals surface area contributed by atoms with Crippen molar-refractivity contribution in [2.24, 2.45) is 7.05 Å². The molecule has 0 saturated heterocycles. The minimum atomic E-state index is -0.659. The molecular formula is C14H13BrFN3O3. The lowest BCUT2D eigenvalue weighted by molar-refractivity contribution is 0.0842. The quantitative estimate of drug-likeness (QED) is 0.812. The van der Waals surface area contributed by atoms with Gasteiger partial charge in [-0.05, 0) is 40.2 Å². The average molecular weight is 370 g/mol. The predicted octanol–water partition coefficient (Wildman–Crippen LogP) is 2.01. The number of aryl methyl sites for hydroxylation is 1. The highest BCUT2D eigenvalue weighted by Gasteiger charge is 2.14. The highest BCUT2D eigenvalue weighted by Crippen LogP contribution is 2.17. The number of ether oxygens (including phenoxy) is 1. The number of hydrogen-bond acceptors (Lipinski definition) is 3. The molecule has 0 radical (unpaired) electrons. The van der Waals surface area contributed by atoms with E-state index in [4.69, 9.17) is 4.74 Å². The highest BCUT2D eigenvalue weighted by molar-refractivity contribution is 9.10. The van der Waals surface area contributed by atoms with Crippen molar-refractivity contribution in [2.75, 3.05) is 7.11 Å². The number of halogens is 2. The molecule has 116 valence electrons. The number of carbonyl (C=O) groups is 2. The van der Waals surface area contributed by atoms with Crippen LogP contribution in [0.25, 0.3) is 0 Å². The number of methoxy groups -OCH3 is 1. The van der Waals surface area contributed by atoms with E-state index in [1.807, 2.05) is 0 Å². The van der Waals surface area contributed by atoms with Crippen LogP contribution >= 0.6 is 15.9 Å². The van der Waals surface area contributed by atoms with Gasteiger partial charge in [-0.15, -0.1) is 0 Å². The van der Waals surface area contributed by atoms with E-state index in [0.717, 1.165) is 10.5 Å². The first-order valence-corrected chi connectivity index (χ1v) is 6.97. The number of aromatic nitrogens is 1. The second kappa shape index (κ2) is 6.61. The Hall–Kier alpha value is -2.35. The Morgan fingerprint density at radius 1 is 1.23 bits per heavy atom. The molecule has 0 aliphatic heterocycles. The lowest BCUT2D eigenvalue weighted by atomic mass is 10.2. The third-order valence-corrected chi connectivity index (χ3v) is 3.34. The van der Waals surface area contributed by atoms with Crippen molar-refractivity contribution in [3.05, 3.63) is 52.0 Å². The molecule has 0 unspecified atom stereocenters. The summed E-state index contributed by atoms with van der Waals surface area (Å²) in [5.74, 6) is -1.75. The Kier molecular flexibility index (Phi) is 4.81. The molecule has 0 aliphatic carbocycles. The molecule has 2 amide bonds. The summed E-state index contributed by atoms with van der Waals surface area (Å²) in [7, 11) is 3.02. The van der Waals surface area contributed by atoms with Crippen molar-refractivity contribution in [1.29, 1.82) is 0 Å². The fourth-order valence-corrected chi connectivity index (χ4v) is 2.33. The van der Waals surface area contributed by atoms with Crippen LogP contribution in [0.3, 0.4) is 0 Å². The molecule has 0 spiro atoms. The molecule has 0 fully saturated rings. The van der Waals surface area contributed by atoms with Gasteiger partial charge in [-0.1, -0.05) is 0 Å². The Bertz CT molecular complexity index is 730. The van der Waals surface area contributed by atoms with Crippen LogP contribution in [-0.4, -0.2) is 23.5 Å². The predicted molar refractivity (Wildman–Crippen MR) is 81.0 cm³/mol. The van der Waals surface area contributed by atoms with Gasteiger partial charge in [-0.2, -0.15) is 0 Å². The highest BCUT2D eigenvalue weighted by atomic mass is 79.9. The van der Waals surface area contributed by atoms with Crippen molar-refractivity contribution < 1.29 is 18.7 Å². The normalized spacial score (nSPS) is 10.2. The number of amides is 2. The average Bonchev–Trinajstić information content (AvgIpc) is 2.83. The van der Waals surface area contributed by atoms with Gasteiger partial charge < -0.3 is 9.30 Å². The maximum atomic E-state index is 13.5. The van der Waals surface area contributed by atoms with E-state index in [2.05, 4.69) is 26.8 Å². The Balaban J connectivity index is 2.02. The van der Waals surface area contributed by atoms with Gasteiger partial charge in [0.2, 0.25) is 0 Å². The molecule has 2 aromatic rings. The first-order chi connectivity index (χ1) is 10.4. The summed E-state index contributed by atoms with van der Waals surface area (Å²) in [4.78, 5) is 23.8. The van der Waals surface area contributed by atoms with Crippen molar-refractivity contribution in [3.63, 3.8) is 0 Å².